The molecule has 3 aromatic rings. The monoisotopic (exact) mass is 304 g/mol. The molecule has 4 nitrogen and oxygen atoms in total. The molecule has 0 saturated heterocycles. The van der Waals surface area contributed by atoms with Gasteiger partial charge in [0.1, 0.15) is 5.75 Å². The molecule has 0 radical (unpaired) electrons. The fourth-order valence-corrected chi connectivity index (χ4v) is 2.87. The molecule has 0 atom stereocenters. The summed E-state index contributed by atoms with van der Waals surface area (Å²) in [7, 11) is 0. The highest BCUT2D eigenvalue weighted by Gasteiger charge is 2.07. The summed E-state index contributed by atoms with van der Waals surface area (Å²) in [5, 5.41) is 14.2. The second-order valence-corrected chi connectivity index (χ2v) is 5.57. The Balaban J connectivity index is 2.05. The van der Waals surface area contributed by atoms with Gasteiger partial charge in [0.25, 0.3) is 5.56 Å². The van der Waals surface area contributed by atoms with Crippen molar-refractivity contribution in [2.45, 2.75) is 0 Å². The standard InChI is InChI=1S/C14H9ClN2O2S/c15-8-5-6-10(11(18)7-8)16-14-17-13(19)9-3-1-2-4-12(9)20-14/h1-7,18H,(H,16,17,19). The van der Waals surface area contributed by atoms with Crippen molar-refractivity contribution in [1.29, 1.82) is 0 Å². The van der Waals surface area contributed by atoms with Gasteiger partial charge in [0.05, 0.1) is 11.1 Å². The topological polar surface area (TPSA) is 62.2 Å². The smallest absolute Gasteiger partial charge is 0.281 e. The van der Waals surface area contributed by atoms with Gasteiger partial charge in [0, 0.05) is 15.8 Å². The fourth-order valence-electron chi connectivity index (χ4n) is 1.79. The van der Waals surface area contributed by atoms with Crippen LogP contribution in [0, 0.1) is 0 Å². The summed E-state index contributed by atoms with van der Waals surface area (Å²) in [5.41, 5.74) is 0.156. The van der Waals surface area contributed by atoms with Crippen LogP contribution in [0.4, 0.5) is 10.8 Å². The summed E-state index contributed by atoms with van der Waals surface area (Å²) in [6.07, 6.45) is 0. The van der Waals surface area contributed by atoms with E-state index in [1.807, 2.05) is 12.1 Å². The molecule has 0 spiro atoms. The minimum Gasteiger partial charge on any atom is -0.506 e. The molecule has 0 fully saturated rings. The van der Waals surface area contributed by atoms with Gasteiger partial charge >= 0.3 is 0 Å². The molecule has 3 rings (SSSR count). The molecule has 0 bridgehead atoms. The highest BCUT2D eigenvalue weighted by atomic mass is 35.5. The Labute approximate surface area is 123 Å². The number of nitrogens with zero attached hydrogens (tertiary/aromatic N) is 1. The Morgan fingerprint density at radius 2 is 2.00 bits per heavy atom. The molecule has 0 amide bonds. The van der Waals surface area contributed by atoms with E-state index in [-0.39, 0.29) is 11.3 Å². The normalized spacial score (nSPS) is 10.7. The Kier molecular flexibility index (Phi) is 3.30. The maximum atomic E-state index is 11.9. The van der Waals surface area contributed by atoms with Crippen LogP contribution in [0.1, 0.15) is 0 Å². The summed E-state index contributed by atoms with van der Waals surface area (Å²) >= 11 is 7.11. The molecule has 20 heavy (non-hydrogen) atoms. The van der Waals surface area contributed by atoms with Gasteiger partial charge in [-0.15, -0.1) is 0 Å². The van der Waals surface area contributed by atoms with Gasteiger partial charge < -0.3 is 10.4 Å². The maximum Gasteiger partial charge on any atom is 0.281 e. The van der Waals surface area contributed by atoms with Gasteiger partial charge in [0.15, 0.2) is 5.13 Å². The average Bonchev–Trinajstić information content (AvgIpc) is 2.42. The van der Waals surface area contributed by atoms with Crippen LogP contribution in [0.2, 0.25) is 5.02 Å². The summed E-state index contributed by atoms with van der Waals surface area (Å²) in [4.78, 5) is 15.9. The van der Waals surface area contributed by atoms with Crippen molar-refractivity contribution in [2.24, 2.45) is 0 Å². The van der Waals surface area contributed by atoms with Crippen molar-refractivity contribution in [3.63, 3.8) is 0 Å². The Morgan fingerprint density at radius 1 is 1.20 bits per heavy atom. The molecule has 0 aliphatic heterocycles. The Bertz CT molecular complexity index is 848. The van der Waals surface area contributed by atoms with Crippen LogP contribution in [0.3, 0.4) is 0 Å². The number of benzene rings is 2. The van der Waals surface area contributed by atoms with Crippen LogP contribution in [0.5, 0.6) is 5.75 Å². The zero-order valence-electron chi connectivity index (χ0n) is 10.1. The predicted octanol–water partition coefficient (Wildman–Crippen LogP) is 3.76. The molecule has 0 aliphatic carbocycles. The first-order chi connectivity index (χ1) is 9.63. The Hall–Kier alpha value is -2.11. The van der Waals surface area contributed by atoms with E-state index in [2.05, 4.69) is 10.3 Å². The van der Waals surface area contributed by atoms with E-state index >= 15 is 0 Å². The van der Waals surface area contributed by atoms with Crippen LogP contribution in [0.15, 0.2) is 47.3 Å². The highest BCUT2D eigenvalue weighted by molar-refractivity contribution is 7.21. The van der Waals surface area contributed by atoms with Crippen molar-refractivity contribution in [3.8, 4) is 5.75 Å². The number of fused-ring (bicyclic) bond motifs is 1. The lowest BCUT2D eigenvalue weighted by molar-refractivity contribution is 0.478. The van der Waals surface area contributed by atoms with Crippen LogP contribution in [-0.4, -0.2) is 10.1 Å². The quantitative estimate of drug-likeness (QED) is 0.708. The number of aromatic hydroxyl groups is 1. The number of rotatable bonds is 2. The first-order valence-electron chi connectivity index (χ1n) is 5.79. The van der Waals surface area contributed by atoms with E-state index < -0.39 is 0 Å². The number of halogens is 1. The minimum atomic E-state index is -0.296. The number of phenolic OH excluding ortho intramolecular Hbond substituents is 1. The lowest BCUT2D eigenvalue weighted by atomic mass is 10.3. The molecular formula is C14H9ClN2O2S. The lowest BCUT2D eigenvalue weighted by Crippen LogP contribution is -2.07. The number of aromatic nitrogens is 1. The molecule has 0 aliphatic rings. The van der Waals surface area contributed by atoms with Crippen LogP contribution >= 0.6 is 22.9 Å². The molecule has 1 aromatic heterocycles. The van der Waals surface area contributed by atoms with E-state index in [1.165, 1.54) is 17.4 Å². The second-order valence-electron chi connectivity index (χ2n) is 4.11. The highest BCUT2D eigenvalue weighted by Crippen LogP contribution is 2.30. The van der Waals surface area contributed by atoms with Crippen molar-refractivity contribution in [3.05, 3.63) is 57.8 Å². The molecule has 6 heteroatoms. The van der Waals surface area contributed by atoms with Gasteiger partial charge in [-0.3, -0.25) is 4.79 Å². The third-order valence-corrected chi connectivity index (χ3v) is 3.93. The van der Waals surface area contributed by atoms with Gasteiger partial charge in [-0.2, -0.15) is 4.98 Å². The molecule has 2 aromatic carbocycles. The molecule has 1 heterocycles. The van der Waals surface area contributed by atoms with Crippen molar-refractivity contribution >= 4 is 43.8 Å². The van der Waals surface area contributed by atoms with Crippen molar-refractivity contribution < 1.29 is 5.11 Å². The first-order valence-corrected chi connectivity index (χ1v) is 6.98. The van der Waals surface area contributed by atoms with Crippen molar-refractivity contribution in [2.75, 3.05) is 5.32 Å². The summed E-state index contributed by atoms with van der Waals surface area (Å²) < 4.78 is 0.837. The van der Waals surface area contributed by atoms with E-state index in [0.29, 0.717) is 21.2 Å². The number of hydrogen-bond acceptors (Lipinski definition) is 5. The molecule has 100 valence electrons. The lowest BCUT2D eigenvalue weighted by Gasteiger charge is -2.07. The molecule has 0 saturated carbocycles. The number of anilines is 2. The summed E-state index contributed by atoms with van der Waals surface area (Å²) in [5.74, 6) is 0.00658. The molecular weight excluding hydrogens is 296 g/mol. The van der Waals surface area contributed by atoms with Gasteiger partial charge in [-0.1, -0.05) is 35.1 Å². The van der Waals surface area contributed by atoms with Gasteiger partial charge in [-0.25, -0.2) is 0 Å². The van der Waals surface area contributed by atoms with E-state index in [4.69, 9.17) is 11.6 Å². The largest absolute Gasteiger partial charge is 0.506 e. The zero-order chi connectivity index (χ0) is 14.1. The minimum absolute atomic E-state index is 0.00658. The van der Waals surface area contributed by atoms with Gasteiger partial charge in [0.2, 0.25) is 0 Å². The third kappa shape index (κ3) is 2.45. The third-order valence-electron chi connectivity index (χ3n) is 2.73. The number of phenols is 1. The predicted molar refractivity (Wildman–Crippen MR) is 82.3 cm³/mol. The van der Waals surface area contributed by atoms with Crippen LogP contribution < -0.4 is 10.9 Å². The fraction of sp³-hybridized carbons (Fsp3) is 0. The zero-order valence-corrected chi connectivity index (χ0v) is 11.7. The molecule has 2 N–H and O–H groups in total. The van der Waals surface area contributed by atoms with E-state index in [1.54, 1.807) is 24.3 Å². The van der Waals surface area contributed by atoms with E-state index in [0.717, 1.165) is 4.70 Å². The second kappa shape index (κ2) is 5.11. The summed E-state index contributed by atoms with van der Waals surface area (Å²) in [6, 6.07) is 12.0. The number of hydrogen-bond donors (Lipinski definition) is 2. The average molecular weight is 305 g/mol. The van der Waals surface area contributed by atoms with Crippen LogP contribution in [-0.2, 0) is 0 Å². The molecule has 0 unspecified atom stereocenters. The number of nitrogens with one attached hydrogen (secondary N) is 1. The van der Waals surface area contributed by atoms with Crippen molar-refractivity contribution in [1.82, 2.24) is 4.98 Å². The Morgan fingerprint density at radius 3 is 2.80 bits per heavy atom. The SMILES string of the molecule is O=c1nc(Nc2ccc(Cl)cc2O)sc2ccccc12. The van der Waals surface area contributed by atoms with Crippen LogP contribution in [0.25, 0.3) is 10.1 Å². The first kappa shape index (κ1) is 12.9. The summed E-state index contributed by atoms with van der Waals surface area (Å²) in [6.45, 7) is 0. The van der Waals surface area contributed by atoms with Gasteiger partial charge in [-0.05, 0) is 24.3 Å². The maximum absolute atomic E-state index is 11.9. The van der Waals surface area contributed by atoms with E-state index in [9.17, 15) is 9.90 Å².